The Labute approximate surface area is 106 Å². The highest BCUT2D eigenvalue weighted by Crippen LogP contribution is 2.23. The maximum Gasteiger partial charge on any atom is 0.261 e. The van der Waals surface area contributed by atoms with E-state index in [2.05, 4.69) is 20.7 Å². The van der Waals surface area contributed by atoms with E-state index in [9.17, 15) is 18.3 Å². The monoisotopic (exact) mass is 312 g/mol. The summed E-state index contributed by atoms with van der Waals surface area (Å²) in [6, 6.07) is 4.19. The Morgan fingerprint density at radius 1 is 1.35 bits per heavy atom. The summed E-state index contributed by atoms with van der Waals surface area (Å²) in [5.74, 6) is -0.533. The maximum atomic E-state index is 13.3. The van der Waals surface area contributed by atoms with Crippen molar-refractivity contribution in [1.29, 1.82) is 0 Å². The van der Waals surface area contributed by atoms with E-state index in [1.165, 1.54) is 18.2 Å². The number of benzene rings is 1. The number of hydrogen-bond donors (Lipinski definition) is 1. The van der Waals surface area contributed by atoms with Crippen LogP contribution in [0.15, 0.2) is 22.7 Å². The van der Waals surface area contributed by atoms with Gasteiger partial charge in [0.05, 0.1) is 6.10 Å². The topological polar surface area (TPSA) is 29.5 Å². The van der Waals surface area contributed by atoms with Gasteiger partial charge in [0, 0.05) is 23.1 Å². The van der Waals surface area contributed by atoms with Crippen LogP contribution in [0.2, 0.25) is 0 Å². The minimum absolute atomic E-state index is 0.0442. The third-order valence-corrected chi connectivity index (χ3v) is 2.59. The summed E-state index contributed by atoms with van der Waals surface area (Å²) in [4.78, 5) is 0. The Hall–Kier alpha value is -0.590. The van der Waals surface area contributed by atoms with Gasteiger partial charge in [0.25, 0.3) is 6.43 Å². The summed E-state index contributed by atoms with van der Waals surface area (Å²) in [5.41, 5.74) is 0.125. The van der Waals surface area contributed by atoms with Gasteiger partial charge in [-0.05, 0) is 18.2 Å². The van der Waals surface area contributed by atoms with Crippen molar-refractivity contribution in [1.82, 2.24) is 0 Å². The Morgan fingerprint density at radius 3 is 2.71 bits per heavy atom. The lowest BCUT2D eigenvalue weighted by atomic mass is 10.1. The van der Waals surface area contributed by atoms with E-state index in [0.717, 1.165) is 0 Å². The third-order valence-electron chi connectivity index (χ3n) is 2.10. The van der Waals surface area contributed by atoms with E-state index in [0.29, 0.717) is 4.47 Å². The van der Waals surface area contributed by atoms with Crippen LogP contribution < -0.4 is 0 Å². The molecule has 0 spiro atoms. The van der Waals surface area contributed by atoms with Crippen molar-refractivity contribution in [3.63, 3.8) is 0 Å². The molecule has 1 atom stereocenters. The number of aliphatic hydroxyl groups excluding tert-OH is 1. The van der Waals surface area contributed by atoms with Crippen LogP contribution in [0.5, 0.6) is 0 Å². The molecule has 1 N–H and O–H groups in total. The molecule has 0 fully saturated rings. The molecule has 0 saturated heterocycles. The highest BCUT2D eigenvalue weighted by molar-refractivity contribution is 9.10. The van der Waals surface area contributed by atoms with Crippen molar-refractivity contribution in [2.24, 2.45) is 0 Å². The van der Waals surface area contributed by atoms with Gasteiger partial charge in [-0.15, -0.1) is 0 Å². The number of hydrogen-bond acceptors (Lipinski definition) is 2. The quantitative estimate of drug-likeness (QED) is 0.817. The van der Waals surface area contributed by atoms with Gasteiger partial charge in [-0.3, -0.25) is 0 Å². The van der Waals surface area contributed by atoms with Gasteiger partial charge in [-0.1, -0.05) is 15.9 Å². The first kappa shape index (κ1) is 14.5. The second-order valence-electron chi connectivity index (χ2n) is 3.44. The zero-order valence-electron chi connectivity index (χ0n) is 8.88. The van der Waals surface area contributed by atoms with E-state index in [-0.39, 0.29) is 18.6 Å². The average molecular weight is 313 g/mol. The average Bonchev–Trinajstić information content (AvgIpc) is 2.27. The molecule has 0 aliphatic rings. The van der Waals surface area contributed by atoms with Gasteiger partial charge in [0.1, 0.15) is 12.4 Å². The molecule has 0 amide bonds. The molecule has 1 unspecified atom stereocenters. The fraction of sp³-hybridized carbons (Fsp3) is 0.455. The molecule has 0 bridgehead atoms. The maximum absolute atomic E-state index is 13.3. The summed E-state index contributed by atoms with van der Waals surface area (Å²) >= 11 is 3.16. The molecule has 2 nitrogen and oxygen atoms in total. The molecule has 0 aromatic heterocycles. The van der Waals surface area contributed by atoms with Gasteiger partial charge in [0.15, 0.2) is 0 Å². The third kappa shape index (κ3) is 5.06. The largest absolute Gasteiger partial charge is 0.388 e. The highest BCUT2D eigenvalue weighted by atomic mass is 79.9. The van der Waals surface area contributed by atoms with Crippen LogP contribution in [-0.4, -0.2) is 24.7 Å². The lowest BCUT2D eigenvalue weighted by Crippen LogP contribution is -2.09. The summed E-state index contributed by atoms with van der Waals surface area (Å²) < 4.78 is 42.1. The zero-order chi connectivity index (χ0) is 12.8. The zero-order valence-corrected chi connectivity index (χ0v) is 10.5. The van der Waals surface area contributed by atoms with Crippen molar-refractivity contribution in [3.8, 4) is 0 Å². The molecule has 96 valence electrons. The number of aliphatic hydroxyl groups is 1. The van der Waals surface area contributed by atoms with Crippen LogP contribution in [-0.2, 0) is 4.74 Å². The predicted octanol–water partition coefficient (Wildman–Crippen LogP) is 3.29. The van der Waals surface area contributed by atoms with Crippen molar-refractivity contribution >= 4 is 15.9 Å². The molecule has 1 aromatic carbocycles. The molecule has 0 radical (unpaired) electrons. The number of alkyl halides is 2. The van der Waals surface area contributed by atoms with E-state index >= 15 is 0 Å². The van der Waals surface area contributed by atoms with Crippen molar-refractivity contribution < 1.29 is 23.0 Å². The molecule has 0 heterocycles. The molecule has 1 rings (SSSR count). The minimum atomic E-state index is -2.53. The van der Waals surface area contributed by atoms with Gasteiger partial charge in [-0.2, -0.15) is 0 Å². The van der Waals surface area contributed by atoms with Crippen LogP contribution in [0, 0.1) is 5.82 Å². The summed E-state index contributed by atoms with van der Waals surface area (Å²) in [7, 11) is 0. The first-order valence-corrected chi connectivity index (χ1v) is 5.79. The van der Waals surface area contributed by atoms with Gasteiger partial charge in [-0.25, -0.2) is 13.2 Å². The Morgan fingerprint density at radius 2 is 2.06 bits per heavy atom. The Balaban J connectivity index is 2.46. The molecule has 1 aromatic rings. The minimum Gasteiger partial charge on any atom is -0.388 e. The van der Waals surface area contributed by atoms with Crippen molar-refractivity contribution in [2.75, 3.05) is 13.2 Å². The summed E-state index contributed by atoms with van der Waals surface area (Å²) in [5, 5.41) is 9.66. The van der Waals surface area contributed by atoms with Crippen molar-refractivity contribution in [2.45, 2.75) is 19.0 Å². The van der Waals surface area contributed by atoms with E-state index < -0.39 is 25.0 Å². The second kappa shape index (κ2) is 6.98. The number of halogens is 4. The standard InChI is InChI=1S/C11H12BrF3O2/c12-7-1-2-9(13)8(5-7)10(16)3-4-17-6-11(14)15/h1-2,5,10-11,16H,3-4,6H2. The fourth-order valence-electron chi connectivity index (χ4n) is 1.29. The van der Waals surface area contributed by atoms with Gasteiger partial charge >= 0.3 is 0 Å². The lowest BCUT2D eigenvalue weighted by molar-refractivity contribution is 0.00447. The van der Waals surface area contributed by atoms with E-state index in [1.807, 2.05) is 0 Å². The SMILES string of the molecule is OC(CCOCC(F)F)c1cc(Br)ccc1F. The first-order chi connectivity index (χ1) is 8.00. The normalized spacial score (nSPS) is 13.1. The number of rotatable bonds is 6. The van der Waals surface area contributed by atoms with E-state index in [1.54, 1.807) is 0 Å². The molecule has 0 aliphatic carbocycles. The molecule has 6 heteroatoms. The van der Waals surface area contributed by atoms with Crippen LogP contribution in [0.3, 0.4) is 0 Å². The molecule has 0 aliphatic heterocycles. The molecule has 17 heavy (non-hydrogen) atoms. The van der Waals surface area contributed by atoms with Crippen LogP contribution >= 0.6 is 15.9 Å². The molecular formula is C11H12BrF3O2. The number of ether oxygens (including phenoxy) is 1. The highest BCUT2D eigenvalue weighted by Gasteiger charge is 2.13. The van der Waals surface area contributed by atoms with Crippen LogP contribution in [0.4, 0.5) is 13.2 Å². The van der Waals surface area contributed by atoms with Crippen LogP contribution in [0.25, 0.3) is 0 Å². The predicted molar refractivity (Wildman–Crippen MR) is 60.5 cm³/mol. The van der Waals surface area contributed by atoms with Crippen molar-refractivity contribution in [3.05, 3.63) is 34.1 Å². The Kier molecular flexibility index (Phi) is 5.94. The second-order valence-corrected chi connectivity index (χ2v) is 4.35. The summed E-state index contributed by atoms with van der Waals surface area (Å²) in [6.45, 7) is -0.717. The fourth-order valence-corrected chi connectivity index (χ4v) is 1.67. The lowest BCUT2D eigenvalue weighted by Gasteiger charge is -2.12. The van der Waals surface area contributed by atoms with Crippen LogP contribution in [0.1, 0.15) is 18.1 Å². The Bertz CT molecular complexity index is 361. The molecular weight excluding hydrogens is 301 g/mol. The summed E-state index contributed by atoms with van der Waals surface area (Å²) in [6.07, 6.45) is -3.53. The van der Waals surface area contributed by atoms with Gasteiger partial charge in [0.2, 0.25) is 0 Å². The van der Waals surface area contributed by atoms with Gasteiger partial charge < -0.3 is 9.84 Å². The smallest absolute Gasteiger partial charge is 0.261 e. The first-order valence-electron chi connectivity index (χ1n) is 4.99. The molecule has 0 saturated carbocycles. The van der Waals surface area contributed by atoms with E-state index in [4.69, 9.17) is 0 Å².